The Morgan fingerprint density at radius 2 is 1.53 bits per heavy atom. The van der Waals surface area contributed by atoms with Gasteiger partial charge in [-0.1, -0.05) is 50.6 Å². The predicted molar refractivity (Wildman–Crippen MR) is 125 cm³/mol. The minimum Gasteiger partial charge on any atom is -0.452 e. The van der Waals surface area contributed by atoms with Crippen LogP contribution in [-0.2, 0) is 24.3 Å². The van der Waals surface area contributed by atoms with E-state index in [9.17, 15) is 18.0 Å². The molecule has 0 radical (unpaired) electrons. The van der Waals surface area contributed by atoms with Crippen molar-refractivity contribution in [3.63, 3.8) is 0 Å². The molecule has 2 N–H and O–H groups in total. The van der Waals surface area contributed by atoms with E-state index in [1.807, 2.05) is 44.2 Å². The molecular formula is C24H32N2O5S. The molecule has 0 aliphatic rings. The molecule has 0 saturated heterocycles. The van der Waals surface area contributed by atoms with Crippen molar-refractivity contribution in [2.45, 2.75) is 64.0 Å². The van der Waals surface area contributed by atoms with Gasteiger partial charge in [0, 0.05) is 11.7 Å². The molecule has 2 aromatic carbocycles. The van der Waals surface area contributed by atoms with E-state index in [0.717, 1.165) is 12.0 Å². The lowest BCUT2D eigenvalue weighted by Crippen LogP contribution is -2.33. The van der Waals surface area contributed by atoms with Gasteiger partial charge in [0.1, 0.15) is 0 Å². The van der Waals surface area contributed by atoms with Crippen molar-refractivity contribution < 1.29 is 22.7 Å². The fraction of sp³-hybridized carbons (Fsp3) is 0.417. The average Bonchev–Trinajstić information content (AvgIpc) is 2.74. The van der Waals surface area contributed by atoms with Gasteiger partial charge in [0.15, 0.2) is 6.10 Å². The number of hydrogen-bond donors (Lipinski definition) is 2. The molecule has 174 valence electrons. The van der Waals surface area contributed by atoms with Crippen LogP contribution in [0.15, 0.2) is 59.5 Å². The molecule has 0 aliphatic heterocycles. The van der Waals surface area contributed by atoms with Crippen LogP contribution in [-0.4, -0.2) is 32.4 Å². The number of ether oxygens (including phenoxy) is 1. The Bertz CT molecular complexity index is 1000. The van der Waals surface area contributed by atoms with Crippen molar-refractivity contribution in [2.75, 3.05) is 5.32 Å². The zero-order valence-corrected chi connectivity index (χ0v) is 20.0. The SMILES string of the molecule is CCC(C)C(C(=O)OC(C)C(=O)Nc1ccc(S(=O)(=O)NC(C)C)cc1)c1ccccc1. The summed E-state index contributed by atoms with van der Waals surface area (Å²) in [5.41, 5.74) is 1.26. The molecule has 0 fully saturated rings. The van der Waals surface area contributed by atoms with Crippen LogP contribution in [0.25, 0.3) is 0 Å². The lowest BCUT2D eigenvalue weighted by atomic mass is 9.85. The van der Waals surface area contributed by atoms with E-state index in [4.69, 9.17) is 4.74 Å². The van der Waals surface area contributed by atoms with Crippen molar-refractivity contribution in [1.29, 1.82) is 0 Å². The van der Waals surface area contributed by atoms with Crippen molar-refractivity contribution in [2.24, 2.45) is 5.92 Å². The van der Waals surface area contributed by atoms with E-state index >= 15 is 0 Å². The summed E-state index contributed by atoms with van der Waals surface area (Å²) in [7, 11) is -3.62. The number of amides is 1. The van der Waals surface area contributed by atoms with Gasteiger partial charge in [-0.3, -0.25) is 9.59 Å². The zero-order chi connectivity index (χ0) is 23.9. The Balaban J connectivity index is 2.05. The third kappa shape index (κ3) is 6.90. The topological polar surface area (TPSA) is 102 Å². The van der Waals surface area contributed by atoms with Gasteiger partial charge in [-0.05, 0) is 56.5 Å². The van der Waals surface area contributed by atoms with Gasteiger partial charge in [-0.25, -0.2) is 13.1 Å². The summed E-state index contributed by atoms with van der Waals surface area (Å²) in [4.78, 5) is 25.5. The fourth-order valence-corrected chi connectivity index (χ4v) is 4.48. The highest BCUT2D eigenvalue weighted by Crippen LogP contribution is 2.28. The number of benzene rings is 2. The lowest BCUT2D eigenvalue weighted by molar-refractivity contribution is -0.155. The summed E-state index contributed by atoms with van der Waals surface area (Å²) < 4.78 is 32.4. The van der Waals surface area contributed by atoms with Crippen molar-refractivity contribution in [3.8, 4) is 0 Å². The Labute approximate surface area is 190 Å². The number of carbonyl (C=O) groups excluding carboxylic acids is 2. The maximum atomic E-state index is 12.9. The van der Waals surface area contributed by atoms with Crippen LogP contribution in [0, 0.1) is 5.92 Å². The normalized spacial score (nSPS) is 14.4. The molecule has 0 saturated carbocycles. The lowest BCUT2D eigenvalue weighted by Gasteiger charge is -2.24. The van der Waals surface area contributed by atoms with Gasteiger partial charge >= 0.3 is 5.97 Å². The molecule has 0 heterocycles. The Morgan fingerprint density at radius 1 is 0.938 bits per heavy atom. The number of rotatable bonds is 10. The standard InChI is InChI=1S/C24H32N2O5S/c1-6-17(4)22(19-10-8-7-9-11-19)24(28)31-18(5)23(27)25-20-12-14-21(15-13-20)32(29,30)26-16(2)3/h7-18,22,26H,6H2,1-5H3,(H,25,27). The van der Waals surface area contributed by atoms with Crippen LogP contribution in [0.1, 0.15) is 52.5 Å². The molecule has 2 aromatic rings. The first kappa shape index (κ1) is 25.5. The molecule has 0 aliphatic carbocycles. The van der Waals surface area contributed by atoms with Crippen LogP contribution in [0.4, 0.5) is 5.69 Å². The van der Waals surface area contributed by atoms with Gasteiger partial charge in [-0.2, -0.15) is 0 Å². The minimum absolute atomic E-state index is 0.0501. The molecular weight excluding hydrogens is 428 g/mol. The van der Waals surface area contributed by atoms with E-state index < -0.39 is 33.9 Å². The predicted octanol–water partition coefficient (Wildman–Crippen LogP) is 4.07. The van der Waals surface area contributed by atoms with Crippen LogP contribution in [0.5, 0.6) is 0 Å². The smallest absolute Gasteiger partial charge is 0.314 e. The Hall–Kier alpha value is -2.71. The first-order valence-electron chi connectivity index (χ1n) is 10.7. The molecule has 0 bridgehead atoms. The molecule has 0 aromatic heterocycles. The minimum atomic E-state index is -3.62. The van der Waals surface area contributed by atoms with E-state index in [2.05, 4.69) is 10.0 Å². The highest BCUT2D eigenvalue weighted by Gasteiger charge is 2.30. The van der Waals surface area contributed by atoms with Gasteiger partial charge < -0.3 is 10.1 Å². The number of carbonyl (C=O) groups is 2. The van der Waals surface area contributed by atoms with Gasteiger partial charge in [0.2, 0.25) is 10.0 Å². The van der Waals surface area contributed by atoms with Crippen molar-refractivity contribution in [1.82, 2.24) is 4.72 Å². The number of nitrogens with one attached hydrogen (secondary N) is 2. The third-order valence-corrected chi connectivity index (χ3v) is 6.79. The highest BCUT2D eigenvalue weighted by atomic mass is 32.2. The zero-order valence-electron chi connectivity index (χ0n) is 19.2. The number of hydrogen-bond acceptors (Lipinski definition) is 5. The molecule has 32 heavy (non-hydrogen) atoms. The van der Waals surface area contributed by atoms with Crippen LogP contribution in [0.2, 0.25) is 0 Å². The van der Waals surface area contributed by atoms with E-state index in [1.165, 1.54) is 31.2 Å². The fourth-order valence-electron chi connectivity index (χ4n) is 3.23. The number of sulfonamides is 1. The molecule has 2 rings (SSSR count). The summed E-state index contributed by atoms with van der Waals surface area (Å²) in [5.74, 6) is -1.36. The molecule has 7 nitrogen and oxygen atoms in total. The second-order valence-corrected chi connectivity index (χ2v) is 9.86. The maximum Gasteiger partial charge on any atom is 0.314 e. The van der Waals surface area contributed by atoms with E-state index in [1.54, 1.807) is 13.8 Å². The first-order valence-corrected chi connectivity index (χ1v) is 12.2. The summed E-state index contributed by atoms with van der Waals surface area (Å²) >= 11 is 0. The Kier molecular flexibility index (Phi) is 8.98. The summed E-state index contributed by atoms with van der Waals surface area (Å²) in [5, 5.41) is 2.66. The summed E-state index contributed by atoms with van der Waals surface area (Å²) in [6.45, 7) is 8.96. The molecule has 8 heteroatoms. The van der Waals surface area contributed by atoms with Gasteiger partial charge in [-0.15, -0.1) is 0 Å². The van der Waals surface area contributed by atoms with Gasteiger partial charge in [0.05, 0.1) is 10.8 Å². The summed E-state index contributed by atoms with van der Waals surface area (Å²) in [6.07, 6.45) is -0.223. The van der Waals surface area contributed by atoms with Gasteiger partial charge in [0.25, 0.3) is 5.91 Å². The maximum absolute atomic E-state index is 12.9. The number of esters is 1. The monoisotopic (exact) mass is 460 g/mol. The second kappa shape index (κ2) is 11.2. The van der Waals surface area contributed by atoms with E-state index in [0.29, 0.717) is 5.69 Å². The molecule has 1 amide bonds. The molecule has 3 unspecified atom stereocenters. The van der Waals surface area contributed by atoms with Crippen molar-refractivity contribution in [3.05, 3.63) is 60.2 Å². The average molecular weight is 461 g/mol. The van der Waals surface area contributed by atoms with Crippen LogP contribution >= 0.6 is 0 Å². The molecule has 3 atom stereocenters. The molecule has 0 spiro atoms. The van der Waals surface area contributed by atoms with Crippen LogP contribution in [0.3, 0.4) is 0 Å². The quantitative estimate of drug-likeness (QED) is 0.521. The Morgan fingerprint density at radius 3 is 2.06 bits per heavy atom. The van der Waals surface area contributed by atoms with E-state index in [-0.39, 0.29) is 16.9 Å². The van der Waals surface area contributed by atoms with Crippen molar-refractivity contribution >= 4 is 27.6 Å². The second-order valence-electron chi connectivity index (χ2n) is 8.14. The number of anilines is 1. The largest absolute Gasteiger partial charge is 0.452 e. The highest BCUT2D eigenvalue weighted by molar-refractivity contribution is 7.89. The third-order valence-electron chi connectivity index (χ3n) is 5.11. The van der Waals surface area contributed by atoms with Crippen LogP contribution < -0.4 is 10.0 Å². The first-order chi connectivity index (χ1) is 15.0. The summed E-state index contributed by atoms with van der Waals surface area (Å²) in [6, 6.07) is 15.0.